The fourth-order valence-electron chi connectivity index (χ4n) is 4.08. The maximum atomic E-state index is 5.58. The molecular weight excluding hydrogens is 212 g/mol. The quantitative estimate of drug-likeness (QED) is 0.811. The molecule has 98 valence electrons. The third kappa shape index (κ3) is 2.51. The summed E-state index contributed by atoms with van der Waals surface area (Å²) < 4.78 is 5.58. The molecule has 0 aromatic heterocycles. The van der Waals surface area contributed by atoms with Crippen LogP contribution in [0.2, 0.25) is 0 Å². The molecule has 3 aliphatic rings. The molecule has 1 aliphatic carbocycles. The van der Waals surface area contributed by atoms with Gasteiger partial charge in [0, 0.05) is 25.2 Å². The molecule has 0 bridgehead atoms. The molecule has 0 aromatic carbocycles. The number of rotatable bonds is 3. The highest BCUT2D eigenvalue weighted by atomic mass is 16.5. The first-order valence-corrected chi connectivity index (χ1v) is 7.39. The van der Waals surface area contributed by atoms with E-state index in [9.17, 15) is 0 Å². The Labute approximate surface area is 105 Å². The summed E-state index contributed by atoms with van der Waals surface area (Å²) in [7, 11) is 1.87. The molecule has 3 fully saturated rings. The van der Waals surface area contributed by atoms with Crippen LogP contribution in [-0.4, -0.2) is 49.3 Å². The predicted molar refractivity (Wildman–Crippen MR) is 69.2 cm³/mol. The SMILES string of the molecule is COC1CCCC1NC1CCN2CCCC2C1. The summed E-state index contributed by atoms with van der Waals surface area (Å²) >= 11 is 0. The molecule has 0 radical (unpaired) electrons. The molecule has 0 aromatic rings. The molecular formula is C14H26N2O. The van der Waals surface area contributed by atoms with E-state index in [1.54, 1.807) is 0 Å². The molecule has 3 nitrogen and oxygen atoms in total. The van der Waals surface area contributed by atoms with Gasteiger partial charge >= 0.3 is 0 Å². The van der Waals surface area contributed by atoms with Crippen molar-refractivity contribution < 1.29 is 4.74 Å². The van der Waals surface area contributed by atoms with E-state index in [0.717, 1.165) is 12.1 Å². The summed E-state index contributed by atoms with van der Waals surface area (Å²) in [5, 5.41) is 3.88. The van der Waals surface area contributed by atoms with Gasteiger partial charge in [-0.25, -0.2) is 0 Å². The lowest BCUT2D eigenvalue weighted by Crippen LogP contribution is -2.50. The van der Waals surface area contributed by atoms with Gasteiger partial charge in [-0.1, -0.05) is 0 Å². The van der Waals surface area contributed by atoms with Gasteiger partial charge < -0.3 is 15.0 Å². The number of methoxy groups -OCH3 is 1. The first kappa shape index (κ1) is 11.9. The lowest BCUT2D eigenvalue weighted by molar-refractivity contribution is 0.0728. The van der Waals surface area contributed by atoms with E-state index in [1.807, 2.05) is 7.11 Å². The van der Waals surface area contributed by atoms with Crippen molar-refractivity contribution in [3.63, 3.8) is 0 Å². The minimum atomic E-state index is 0.469. The van der Waals surface area contributed by atoms with E-state index in [2.05, 4.69) is 10.2 Å². The Hall–Kier alpha value is -0.120. The van der Waals surface area contributed by atoms with Crippen LogP contribution in [0.1, 0.15) is 44.9 Å². The third-order valence-corrected chi connectivity index (χ3v) is 5.03. The zero-order valence-corrected chi connectivity index (χ0v) is 11.0. The van der Waals surface area contributed by atoms with Gasteiger partial charge in [-0.15, -0.1) is 0 Å². The largest absolute Gasteiger partial charge is 0.380 e. The Morgan fingerprint density at radius 3 is 2.88 bits per heavy atom. The Bertz CT molecular complexity index is 259. The second-order valence-corrected chi connectivity index (χ2v) is 6.03. The topological polar surface area (TPSA) is 24.5 Å². The van der Waals surface area contributed by atoms with E-state index in [1.165, 1.54) is 58.0 Å². The van der Waals surface area contributed by atoms with Crippen molar-refractivity contribution in [2.24, 2.45) is 0 Å². The highest BCUT2D eigenvalue weighted by Gasteiger charge is 2.34. The van der Waals surface area contributed by atoms with Gasteiger partial charge in [-0.2, -0.15) is 0 Å². The number of hydrogen-bond donors (Lipinski definition) is 1. The van der Waals surface area contributed by atoms with Crippen LogP contribution < -0.4 is 5.32 Å². The van der Waals surface area contributed by atoms with E-state index in [0.29, 0.717) is 12.1 Å². The van der Waals surface area contributed by atoms with Crippen LogP contribution in [0.4, 0.5) is 0 Å². The molecule has 1 saturated carbocycles. The number of fused-ring (bicyclic) bond motifs is 1. The van der Waals surface area contributed by atoms with E-state index >= 15 is 0 Å². The monoisotopic (exact) mass is 238 g/mol. The maximum absolute atomic E-state index is 5.58. The Morgan fingerprint density at radius 1 is 1.06 bits per heavy atom. The number of nitrogens with one attached hydrogen (secondary N) is 1. The van der Waals surface area contributed by atoms with Crippen molar-refractivity contribution in [3.8, 4) is 0 Å². The Kier molecular flexibility index (Phi) is 3.69. The molecule has 0 spiro atoms. The zero-order chi connectivity index (χ0) is 11.7. The van der Waals surface area contributed by atoms with Gasteiger partial charge in [-0.3, -0.25) is 0 Å². The highest BCUT2D eigenvalue weighted by molar-refractivity contribution is 4.93. The Morgan fingerprint density at radius 2 is 2.00 bits per heavy atom. The normalized spacial score (nSPS) is 42.9. The number of hydrogen-bond acceptors (Lipinski definition) is 3. The first-order chi connectivity index (χ1) is 8.36. The lowest BCUT2D eigenvalue weighted by Gasteiger charge is -2.37. The molecule has 4 unspecified atom stereocenters. The van der Waals surface area contributed by atoms with Crippen LogP contribution in [0.3, 0.4) is 0 Å². The molecule has 17 heavy (non-hydrogen) atoms. The van der Waals surface area contributed by atoms with Gasteiger partial charge in [0.25, 0.3) is 0 Å². The number of ether oxygens (including phenoxy) is 1. The molecule has 2 heterocycles. The third-order valence-electron chi connectivity index (χ3n) is 5.03. The van der Waals surface area contributed by atoms with Crippen molar-refractivity contribution in [2.45, 2.75) is 69.2 Å². The van der Waals surface area contributed by atoms with Crippen LogP contribution in [0.25, 0.3) is 0 Å². The zero-order valence-electron chi connectivity index (χ0n) is 11.0. The van der Waals surface area contributed by atoms with E-state index in [4.69, 9.17) is 4.74 Å². The van der Waals surface area contributed by atoms with Crippen LogP contribution in [0, 0.1) is 0 Å². The summed E-state index contributed by atoms with van der Waals surface area (Å²) in [4.78, 5) is 2.70. The van der Waals surface area contributed by atoms with E-state index in [-0.39, 0.29) is 0 Å². The van der Waals surface area contributed by atoms with Crippen LogP contribution in [0.15, 0.2) is 0 Å². The average Bonchev–Trinajstić information content (AvgIpc) is 2.96. The smallest absolute Gasteiger partial charge is 0.0724 e. The van der Waals surface area contributed by atoms with Crippen molar-refractivity contribution in [3.05, 3.63) is 0 Å². The number of piperidine rings is 1. The first-order valence-electron chi connectivity index (χ1n) is 7.39. The van der Waals surface area contributed by atoms with Crippen molar-refractivity contribution >= 4 is 0 Å². The molecule has 4 atom stereocenters. The van der Waals surface area contributed by atoms with Crippen LogP contribution in [0.5, 0.6) is 0 Å². The summed E-state index contributed by atoms with van der Waals surface area (Å²) in [6.07, 6.45) is 9.91. The molecule has 2 aliphatic heterocycles. The summed E-state index contributed by atoms with van der Waals surface area (Å²) in [5.41, 5.74) is 0. The molecule has 2 saturated heterocycles. The van der Waals surface area contributed by atoms with Crippen molar-refractivity contribution in [2.75, 3.05) is 20.2 Å². The number of nitrogens with zero attached hydrogens (tertiary/aromatic N) is 1. The van der Waals surface area contributed by atoms with Crippen molar-refractivity contribution in [1.82, 2.24) is 10.2 Å². The summed E-state index contributed by atoms with van der Waals surface area (Å²) in [6, 6.07) is 2.25. The minimum Gasteiger partial charge on any atom is -0.380 e. The molecule has 3 rings (SSSR count). The minimum absolute atomic E-state index is 0.469. The molecule has 1 N–H and O–H groups in total. The van der Waals surface area contributed by atoms with Gasteiger partial charge in [-0.05, 0) is 58.0 Å². The predicted octanol–water partition coefficient (Wildman–Crippen LogP) is 1.77. The summed E-state index contributed by atoms with van der Waals surface area (Å²) in [5.74, 6) is 0. The second-order valence-electron chi connectivity index (χ2n) is 6.03. The fraction of sp³-hybridized carbons (Fsp3) is 1.00. The molecule has 0 amide bonds. The highest BCUT2D eigenvalue weighted by Crippen LogP contribution is 2.29. The second kappa shape index (κ2) is 5.25. The van der Waals surface area contributed by atoms with Crippen LogP contribution >= 0.6 is 0 Å². The summed E-state index contributed by atoms with van der Waals surface area (Å²) in [6.45, 7) is 2.66. The van der Waals surface area contributed by atoms with Crippen LogP contribution in [-0.2, 0) is 4.74 Å². The lowest BCUT2D eigenvalue weighted by atomic mass is 9.96. The van der Waals surface area contributed by atoms with Gasteiger partial charge in [0.2, 0.25) is 0 Å². The van der Waals surface area contributed by atoms with Gasteiger partial charge in [0.05, 0.1) is 6.10 Å². The maximum Gasteiger partial charge on any atom is 0.0724 e. The van der Waals surface area contributed by atoms with E-state index < -0.39 is 0 Å². The van der Waals surface area contributed by atoms with Crippen molar-refractivity contribution in [1.29, 1.82) is 0 Å². The Balaban J connectivity index is 1.52. The molecule has 3 heteroatoms. The van der Waals surface area contributed by atoms with Gasteiger partial charge in [0.1, 0.15) is 0 Å². The average molecular weight is 238 g/mol. The van der Waals surface area contributed by atoms with Gasteiger partial charge in [0.15, 0.2) is 0 Å². The fourth-order valence-corrected chi connectivity index (χ4v) is 4.08. The standard InChI is InChI=1S/C14H26N2O/c1-17-14-6-2-5-13(14)15-11-7-9-16-8-3-4-12(16)10-11/h11-15H,2-10H2,1H3.